The molecule has 1 aromatic carbocycles. The summed E-state index contributed by atoms with van der Waals surface area (Å²) < 4.78 is 6.76. The quantitative estimate of drug-likeness (QED) is 0.446. The van der Waals surface area contributed by atoms with Gasteiger partial charge in [0.25, 0.3) is 0 Å². The Labute approximate surface area is 122 Å². The van der Waals surface area contributed by atoms with Gasteiger partial charge in [0.2, 0.25) is 5.16 Å². The average Bonchev–Trinajstić information content (AvgIpc) is 2.95. The summed E-state index contributed by atoms with van der Waals surface area (Å²) in [5.41, 5.74) is 0.942. The fraction of sp³-hybridized carbons (Fsp3) is 0.357. The Hall–Kier alpha value is -1.82. The van der Waals surface area contributed by atoms with Crippen LogP contribution in [0.25, 0.3) is 5.69 Å². The Morgan fingerprint density at radius 2 is 2.15 bits per heavy atom. The van der Waals surface area contributed by atoms with Gasteiger partial charge in [0.05, 0.1) is 18.0 Å². The predicted molar refractivity (Wildman–Crippen MR) is 78.0 cm³/mol. The summed E-state index contributed by atoms with van der Waals surface area (Å²) in [6.45, 7) is 2.55. The van der Waals surface area contributed by atoms with Gasteiger partial charge in [-0.3, -0.25) is 4.79 Å². The number of hydrogen-bond acceptors (Lipinski definition) is 5. The second-order valence-corrected chi connectivity index (χ2v) is 5.11. The number of thioether (sulfide) groups is 1. The second kappa shape index (κ2) is 7.69. The van der Waals surface area contributed by atoms with Crippen LogP contribution >= 0.6 is 11.8 Å². The van der Waals surface area contributed by atoms with Crippen molar-refractivity contribution in [2.75, 3.05) is 12.4 Å². The van der Waals surface area contributed by atoms with Crippen molar-refractivity contribution >= 4 is 17.7 Å². The number of benzene rings is 1. The highest BCUT2D eigenvalue weighted by Gasteiger charge is 2.08. The first-order chi connectivity index (χ1) is 9.79. The number of aromatic nitrogens is 3. The van der Waals surface area contributed by atoms with E-state index in [-0.39, 0.29) is 11.7 Å². The molecular weight excluding hydrogens is 274 g/mol. The summed E-state index contributed by atoms with van der Waals surface area (Å²) in [5.74, 6) is 0.0159. The van der Waals surface area contributed by atoms with Crippen LogP contribution in [0.15, 0.2) is 41.8 Å². The number of nitrogens with zero attached hydrogens (tertiary/aromatic N) is 3. The number of hydrogen-bond donors (Lipinski definition) is 0. The van der Waals surface area contributed by atoms with Crippen molar-refractivity contribution in [2.45, 2.75) is 24.9 Å². The molecule has 0 atom stereocenters. The van der Waals surface area contributed by atoms with Crippen molar-refractivity contribution in [3.8, 4) is 5.69 Å². The molecule has 0 bridgehead atoms. The van der Waals surface area contributed by atoms with Crippen molar-refractivity contribution in [1.82, 2.24) is 14.8 Å². The van der Waals surface area contributed by atoms with Crippen LogP contribution in [-0.4, -0.2) is 33.1 Å². The third-order valence-electron chi connectivity index (χ3n) is 2.57. The fourth-order valence-corrected chi connectivity index (χ4v) is 2.11. The largest absolute Gasteiger partial charge is 0.465 e. The van der Waals surface area contributed by atoms with Gasteiger partial charge in [0, 0.05) is 0 Å². The van der Waals surface area contributed by atoms with E-state index in [2.05, 4.69) is 17.0 Å². The first-order valence-corrected chi connectivity index (χ1v) is 7.53. The van der Waals surface area contributed by atoms with Gasteiger partial charge in [-0.1, -0.05) is 43.3 Å². The van der Waals surface area contributed by atoms with E-state index in [9.17, 15) is 4.79 Å². The van der Waals surface area contributed by atoms with Crippen LogP contribution in [0.3, 0.4) is 0 Å². The van der Waals surface area contributed by atoms with Crippen molar-refractivity contribution in [1.29, 1.82) is 0 Å². The molecule has 0 N–H and O–H groups in total. The summed E-state index contributed by atoms with van der Waals surface area (Å²) in [4.78, 5) is 15.6. The number of esters is 1. The van der Waals surface area contributed by atoms with Crippen molar-refractivity contribution in [3.63, 3.8) is 0 Å². The second-order valence-electron chi connectivity index (χ2n) is 4.17. The van der Waals surface area contributed by atoms with Crippen LogP contribution in [0.1, 0.15) is 19.8 Å². The molecule has 0 aliphatic heterocycles. The van der Waals surface area contributed by atoms with Crippen LogP contribution in [0.5, 0.6) is 0 Å². The van der Waals surface area contributed by atoms with E-state index in [1.54, 1.807) is 11.0 Å². The first kappa shape index (κ1) is 14.6. The van der Waals surface area contributed by atoms with E-state index in [4.69, 9.17) is 4.74 Å². The zero-order valence-electron chi connectivity index (χ0n) is 11.4. The first-order valence-electron chi connectivity index (χ1n) is 6.55. The molecule has 0 aliphatic carbocycles. The molecule has 0 fully saturated rings. The normalized spacial score (nSPS) is 10.4. The summed E-state index contributed by atoms with van der Waals surface area (Å²) in [5, 5.41) is 4.88. The minimum absolute atomic E-state index is 0.223. The molecule has 1 heterocycles. The average molecular weight is 291 g/mol. The summed E-state index contributed by atoms with van der Waals surface area (Å²) in [7, 11) is 0. The Morgan fingerprint density at radius 3 is 2.90 bits per heavy atom. The molecule has 0 unspecified atom stereocenters. The molecule has 0 saturated carbocycles. The molecule has 2 aromatic rings. The van der Waals surface area contributed by atoms with Gasteiger partial charge in [-0.25, -0.2) is 9.67 Å². The minimum atomic E-state index is -0.223. The molecule has 5 nitrogen and oxygen atoms in total. The van der Waals surface area contributed by atoms with E-state index in [1.807, 2.05) is 30.3 Å². The summed E-state index contributed by atoms with van der Waals surface area (Å²) in [6.07, 6.45) is 3.56. The molecule has 0 aliphatic rings. The molecule has 20 heavy (non-hydrogen) atoms. The number of carbonyl (C=O) groups excluding carboxylic acids is 1. The van der Waals surface area contributed by atoms with Crippen LogP contribution in [-0.2, 0) is 9.53 Å². The smallest absolute Gasteiger partial charge is 0.316 e. The maximum Gasteiger partial charge on any atom is 0.316 e. The molecule has 106 valence electrons. The van der Waals surface area contributed by atoms with Crippen molar-refractivity contribution in [3.05, 3.63) is 36.7 Å². The lowest BCUT2D eigenvalue weighted by atomic mass is 10.3. The zero-order chi connectivity index (χ0) is 14.2. The fourth-order valence-electron chi connectivity index (χ4n) is 1.51. The lowest BCUT2D eigenvalue weighted by Gasteiger charge is -2.01. The maximum absolute atomic E-state index is 11.5. The van der Waals surface area contributed by atoms with Gasteiger partial charge in [-0.05, 0) is 18.6 Å². The Bertz CT molecular complexity index is 542. The van der Waals surface area contributed by atoms with Crippen LogP contribution in [0.4, 0.5) is 0 Å². The molecular formula is C14H17N3O2S. The van der Waals surface area contributed by atoms with E-state index in [0.717, 1.165) is 18.5 Å². The standard InChI is InChI=1S/C14H17N3O2S/c1-2-3-9-19-13(18)10-20-14-15-11-17(16-14)12-7-5-4-6-8-12/h4-8,11H,2-3,9-10H2,1H3. The molecule has 0 spiro atoms. The van der Waals surface area contributed by atoms with E-state index < -0.39 is 0 Å². The van der Waals surface area contributed by atoms with Gasteiger partial charge in [0.1, 0.15) is 6.33 Å². The van der Waals surface area contributed by atoms with Crippen LogP contribution in [0, 0.1) is 0 Å². The number of ether oxygens (including phenoxy) is 1. The Balaban J connectivity index is 1.83. The zero-order valence-corrected chi connectivity index (χ0v) is 12.2. The molecule has 1 aromatic heterocycles. The van der Waals surface area contributed by atoms with E-state index >= 15 is 0 Å². The van der Waals surface area contributed by atoms with Gasteiger partial charge in [0.15, 0.2) is 0 Å². The van der Waals surface area contributed by atoms with Crippen molar-refractivity contribution in [2.24, 2.45) is 0 Å². The minimum Gasteiger partial charge on any atom is -0.465 e. The Kier molecular flexibility index (Phi) is 5.61. The topological polar surface area (TPSA) is 57.0 Å². The number of unbranched alkanes of at least 4 members (excludes halogenated alkanes) is 1. The Morgan fingerprint density at radius 1 is 1.35 bits per heavy atom. The van der Waals surface area contributed by atoms with Gasteiger partial charge >= 0.3 is 5.97 Å². The highest BCUT2D eigenvalue weighted by molar-refractivity contribution is 7.99. The lowest BCUT2D eigenvalue weighted by molar-refractivity contribution is -0.140. The van der Waals surface area contributed by atoms with E-state index in [1.165, 1.54) is 11.8 Å². The highest BCUT2D eigenvalue weighted by Crippen LogP contribution is 2.14. The number of rotatable bonds is 7. The highest BCUT2D eigenvalue weighted by atomic mass is 32.2. The van der Waals surface area contributed by atoms with E-state index in [0.29, 0.717) is 11.8 Å². The monoisotopic (exact) mass is 291 g/mol. The predicted octanol–water partition coefficient (Wildman–Crippen LogP) is 2.70. The number of carbonyl (C=O) groups is 1. The molecule has 6 heteroatoms. The third-order valence-corrected chi connectivity index (χ3v) is 3.40. The summed E-state index contributed by atoms with van der Waals surface area (Å²) in [6, 6.07) is 9.72. The van der Waals surface area contributed by atoms with Gasteiger partial charge in [-0.15, -0.1) is 5.10 Å². The van der Waals surface area contributed by atoms with Crippen LogP contribution in [0.2, 0.25) is 0 Å². The van der Waals surface area contributed by atoms with Gasteiger partial charge < -0.3 is 4.74 Å². The lowest BCUT2D eigenvalue weighted by Crippen LogP contribution is -2.08. The SMILES string of the molecule is CCCCOC(=O)CSc1ncn(-c2ccccc2)n1. The molecule has 0 radical (unpaired) electrons. The number of para-hydroxylation sites is 1. The van der Waals surface area contributed by atoms with Crippen molar-refractivity contribution < 1.29 is 9.53 Å². The van der Waals surface area contributed by atoms with Crippen LogP contribution < -0.4 is 0 Å². The molecule has 0 amide bonds. The molecule has 0 saturated heterocycles. The van der Waals surface area contributed by atoms with Gasteiger partial charge in [-0.2, -0.15) is 0 Å². The maximum atomic E-state index is 11.5. The third kappa shape index (κ3) is 4.38. The molecule has 2 rings (SSSR count). The summed E-state index contributed by atoms with van der Waals surface area (Å²) >= 11 is 1.28.